The highest BCUT2D eigenvalue weighted by Crippen LogP contribution is 2.21. The minimum Gasteiger partial charge on any atom is -0.450 e. The summed E-state index contributed by atoms with van der Waals surface area (Å²) in [7, 11) is 0. The van der Waals surface area contributed by atoms with Crippen LogP contribution in [-0.2, 0) is 22.5 Å². The predicted molar refractivity (Wildman–Crippen MR) is 121 cm³/mol. The molecule has 3 aromatic heterocycles. The second kappa shape index (κ2) is 9.27. The molecule has 0 aromatic carbocycles. The third-order valence-electron chi connectivity index (χ3n) is 5.55. The van der Waals surface area contributed by atoms with Gasteiger partial charge in [0, 0.05) is 45.6 Å². The first-order valence-corrected chi connectivity index (χ1v) is 11.8. The maximum atomic E-state index is 12.9. The van der Waals surface area contributed by atoms with Crippen molar-refractivity contribution in [3.8, 4) is 0 Å². The van der Waals surface area contributed by atoms with Gasteiger partial charge in [0.2, 0.25) is 11.7 Å². The van der Waals surface area contributed by atoms with E-state index >= 15 is 0 Å². The van der Waals surface area contributed by atoms with Gasteiger partial charge in [-0.15, -0.1) is 21.5 Å². The molecule has 11 heteroatoms. The Morgan fingerprint density at radius 2 is 1.88 bits per heavy atom. The predicted octanol–water partition coefficient (Wildman–Crippen LogP) is 1.99. The molecule has 0 unspecified atom stereocenters. The number of amides is 2. The van der Waals surface area contributed by atoms with Crippen molar-refractivity contribution in [2.45, 2.75) is 40.2 Å². The fourth-order valence-electron chi connectivity index (χ4n) is 4.00. The van der Waals surface area contributed by atoms with E-state index in [4.69, 9.17) is 4.74 Å². The summed E-state index contributed by atoms with van der Waals surface area (Å²) in [6, 6.07) is 1.90. The van der Waals surface area contributed by atoms with Gasteiger partial charge in [-0.05, 0) is 24.3 Å². The summed E-state index contributed by atoms with van der Waals surface area (Å²) in [5.74, 6) is 1.48. The molecule has 1 aliphatic heterocycles. The number of ether oxygens (including phenoxy) is 1. The minimum atomic E-state index is -0.332. The Labute approximate surface area is 189 Å². The van der Waals surface area contributed by atoms with Crippen LogP contribution in [0.15, 0.2) is 16.2 Å². The lowest BCUT2D eigenvalue weighted by Gasteiger charge is -2.34. The number of hydrogen-bond acceptors (Lipinski definition) is 7. The monoisotopic (exact) mass is 460 g/mol. The lowest BCUT2D eigenvalue weighted by Crippen LogP contribution is -2.50. The first kappa shape index (κ1) is 22.3. The molecule has 0 N–H and O–H groups in total. The normalized spacial score (nSPS) is 14.6. The highest BCUT2D eigenvalue weighted by molar-refractivity contribution is 7.17. The van der Waals surface area contributed by atoms with E-state index in [1.165, 1.54) is 11.3 Å². The number of aryl methyl sites for hydroxylation is 1. The lowest BCUT2D eigenvalue weighted by molar-refractivity contribution is -0.132. The lowest BCUT2D eigenvalue weighted by atomic mass is 10.2. The Kier molecular flexibility index (Phi) is 6.45. The molecule has 2 amide bonds. The van der Waals surface area contributed by atoms with Crippen LogP contribution in [0.1, 0.15) is 33.0 Å². The average molecular weight is 461 g/mol. The van der Waals surface area contributed by atoms with Crippen molar-refractivity contribution in [2.75, 3.05) is 32.8 Å². The number of hydrogen-bond donors (Lipinski definition) is 0. The fourth-order valence-corrected chi connectivity index (χ4v) is 4.83. The molecule has 0 radical (unpaired) electrons. The van der Waals surface area contributed by atoms with Crippen molar-refractivity contribution in [1.82, 2.24) is 29.0 Å². The maximum Gasteiger partial charge on any atom is 0.409 e. The van der Waals surface area contributed by atoms with Crippen LogP contribution >= 0.6 is 11.3 Å². The van der Waals surface area contributed by atoms with Gasteiger partial charge >= 0.3 is 6.09 Å². The SMILES string of the molecule is CCOC(=O)N1CCN(C(=O)CCc2nnc3n(CC(C)C)c(=O)c4sccc4n23)CC1. The van der Waals surface area contributed by atoms with Crippen molar-refractivity contribution in [1.29, 1.82) is 0 Å². The number of carbonyl (C=O) groups excluding carboxylic acids is 2. The van der Waals surface area contributed by atoms with E-state index in [0.717, 1.165) is 5.52 Å². The average Bonchev–Trinajstić information content (AvgIpc) is 3.42. The number of carbonyl (C=O) groups is 2. The quantitative estimate of drug-likeness (QED) is 0.558. The van der Waals surface area contributed by atoms with Crippen molar-refractivity contribution in [3.63, 3.8) is 0 Å². The number of thiophene rings is 1. The van der Waals surface area contributed by atoms with Crippen molar-refractivity contribution < 1.29 is 14.3 Å². The van der Waals surface area contributed by atoms with E-state index in [1.54, 1.807) is 21.3 Å². The molecule has 0 spiro atoms. The molecule has 1 saturated heterocycles. The zero-order valence-corrected chi connectivity index (χ0v) is 19.4. The van der Waals surface area contributed by atoms with Gasteiger partial charge in [-0.2, -0.15) is 0 Å². The van der Waals surface area contributed by atoms with Gasteiger partial charge in [-0.1, -0.05) is 13.8 Å². The van der Waals surface area contributed by atoms with E-state index in [0.29, 0.717) is 62.1 Å². The van der Waals surface area contributed by atoms with E-state index in [9.17, 15) is 14.4 Å². The number of aromatic nitrogens is 4. The van der Waals surface area contributed by atoms with Crippen LogP contribution in [0.2, 0.25) is 0 Å². The summed E-state index contributed by atoms with van der Waals surface area (Å²) in [6.07, 6.45) is 0.375. The van der Waals surface area contributed by atoms with Gasteiger partial charge in [-0.25, -0.2) is 4.79 Å². The fraction of sp³-hybridized carbons (Fsp3) is 0.571. The summed E-state index contributed by atoms with van der Waals surface area (Å²) in [5.41, 5.74) is 0.733. The Balaban J connectivity index is 1.50. The number of nitrogens with zero attached hydrogens (tertiary/aromatic N) is 6. The molecule has 0 bridgehead atoms. The first-order valence-electron chi connectivity index (χ1n) is 10.9. The largest absolute Gasteiger partial charge is 0.450 e. The highest BCUT2D eigenvalue weighted by atomic mass is 32.1. The smallest absolute Gasteiger partial charge is 0.409 e. The second-order valence-electron chi connectivity index (χ2n) is 8.26. The van der Waals surface area contributed by atoms with Crippen molar-refractivity contribution in [2.24, 2.45) is 5.92 Å². The number of piperazine rings is 1. The third kappa shape index (κ3) is 4.21. The van der Waals surface area contributed by atoms with Gasteiger partial charge in [0.15, 0.2) is 0 Å². The zero-order valence-electron chi connectivity index (χ0n) is 18.6. The van der Waals surface area contributed by atoms with Crippen molar-refractivity contribution >= 4 is 39.3 Å². The van der Waals surface area contributed by atoms with Crippen LogP contribution in [0.25, 0.3) is 16.0 Å². The highest BCUT2D eigenvalue weighted by Gasteiger charge is 2.25. The molecule has 0 saturated carbocycles. The van der Waals surface area contributed by atoms with Gasteiger partial charge in [0.05, 0.1) is 12.1 Å². The number of fused-ring (bicyclic) bond motifs is 3. The van der Waals surface area contributed by atoms with Gasteiger partial charge < -0.3 is 14.5 Å². The number of rotatable bonds is 6. The molecule has 172 valence electrons. The second-order valence-corrected chi connectivity index (χ2v) is 9.18. The molecule has 0 aliphatic carbocycles. The van der Waals surface area contributed by atoms with Gasteiger partial charge in [0.1, 0.15) is 10.5 Å². The molecule has 1 aliphatic rings. The molecule has 3 aromatic rings. The standard InChI is InChI=1S/C21H28N6O4S/c1-4-31-21(30)25-10-8-24(9-11-25)17(28)6-5-16-22-23-20-26(13-14(2)3)19(29)18-15(27(16)20)7-12-32-18/h7,12,14H,4-6,8-11,13H2,1-3H3. The molecule has 1 fully saturated rings. The van der Waals surface area contributed by atoms with E-state index in [-0.39, 0.29) is 29.9 Å². The van der Waals surface area contributed by atoms with Crippen LogP contribution in [0, 0.1) is 5.92 Å². The van der Waals surface area contributed by atoms with E-state index in [2.05, 4.69) is 24.0 Å². The molecule has 32 heavy (non-hydrogen) atoms. The van der Waals surface area contributed by atoms with Gasteiger partial charge in [0.25, 0.3) is 5.56 Å². The van der Waals surface area contributed by atoms with E-state index in [1.807, 2.05) is 15.8 Å². The van der Waals surface area contributed by atoms with Crippen LogP contribution in [0.5, 0.6) is 0 Å². The summed E-state index contributed by atoms with van der Waals surface area (Å²) < 4.78 is 9.28. The minimum absolute atomic E-state index is 0.0160. The van der Waals surface area contributed by atoms with E-state index < -0.39 is 0 Å². The van der Waals surface area contributed by atoms with Crippen LogP contribution in [0.4, 0.5) is 4.79 Å². The molecule has 0 atom stereocenters. The van der Waals surface area contributed by atoms with Crippen LogP contribution in [0.3, 0.4) is 0 Å². The Bertz CT molecular complexity index is 1190. The molecule has 4 rings (SSSR count). The van der Waals surface area contributed by atoms with Crippen LogP contribution in [-0.4, -0.2) is 73.8 Å². The summed E-state index contributed by atoms with van der Waals surface area (Å²) in [5, 5.41) is 10.5. The van der Waals surface area contributed by atoms with Crippen molar-refractivity contribution in [3.05, 3.63) is 27.6 Å². The molecular formula is C21H28N6O4S. The molecular weight excluding hydrogens is 432 g/mol. The maximum absolute atomic E-state index is 12.9. The van der Waals surface area contributed by atoms with Gasteiger partial charge in [-0.3, -0.25) is 18.6 Å². The zero-order chi connectivity index (χ0) is 22.8. The Morgan fingerprint density at radius 1 is 1.16 bits per heavy atom. The van der Waals surface area contributed by atoms with Crippen LogP contribution < -0.4 is 5.56 Å². The topological polar surface area (TPSA) is 102 Å². The molecule has 10 nitrogen and oxygen atoms in total. The molecule has 4 heterocycles. The summed E-state index contributed by atoms with van der Waals surface area (Å²) >= 11 is 1.41. The Hall–Kier alpha value is -2.95. The first-order chi connectivity index (χ1) is 15.4. The summed E-state index contributed by atoms with van der Waals surface area (Å²) in [6.45, 7) is 8.69. The Morgan fingerprint density at radius 3 is 2.56 bits per heavy atom. The third-order valence-corrected chi connectivity index (χ3v) is 6.44. The summed E-state index contributed by atoms with van der Waals surface area (Å²) in [4.78, 5) is 41.0.